The maximum absolute atomic E-state index is 12.2. The van der Waals surface area contributed by atoms with E-state index in [0.29, 0.717) is 22.7 Å². The summed E-state index contributed by atoms with van der Waals surface area (Å²) >= 11 is 0. The number of amides is 1. The van der Waals surface area contributed by atoms with Gasteiger partial charge >= 0.3 is 154 Å². The Balaban J connectivity index is 0.00000867. The average molecular weight is 836 g/mol. The molecule has 1 amide bonds. The molecule has 1 heterocycles. The van der Waals surface area contributed by atoms with Crippen molar-refractivity contribution < 1.29 is 200 Å². The van der Waals surface area contributed by atoms with Crippen LogP contribution in [-0.2, 0) is 41.9 Å². The smallest absolute Gasteiger partial charge is 0.748 e. The summed E-state index contributed by atoms with van der Waals surface area (Å²) in [6.07, 6.45) is -0.182. The van der Waals surface area contributed by atoms with Crippen molar-refractivity contribution in [1.29, 1.82) is 5.26 Å². The maximum Gasteiger partial charge on any atom is 1.00 e. The second-order valence-electron chi connectivity index (χ2n) is 11.9. The van der Waals surface area contributed by atoms with Crippen LogP contribution in [-0.4, -0.2) is 73.3 Å². The number of benzene rings is 2. The normalized spacial score (nSPS) is 11.5. The molecule has 0 fully saturated rings. The molecule has 22 heteroatoms. The number of anilines is 2. The van der Waals surface area contributed by atoms with E-state index in [2.05, 4.69) is 31.6 Å². The molecular formula is C30H36K3N7O10S2. The van der Waals surface area contributed by atoms with Gasteiger partial charge in [-0.25, -0.2) is 21.5 Å². The number of carbonyl (C=O) groups is 1. The summed E-state index contributed by atoms with van der Waals surface area (Å²) in [4.78, 5) is 17.9. The SMILES string of the molecule is COc1cccc(CO[O-])c1-n1nc(C(C)(C)C)c(C#N)c1N=Nc1ccc(N(CCCS(=O)(=O)[O-])CCCS(=O)(=O)[O-])cc1NC(C)=O.[K+].[K+].[K+]. The molecule has 0 aliphatic rings. The van der Waals surface area contributed by atoms with E-state index < -0.39 is 43.1 Å². The molecule has 1 N–H and O–H groups in total. The second kappa shape index (κ2) is 23.6. The first kappa shape index (κ1) is 52.5. The van der Waals surface area contributed by atoms with Crippen molar-refractivity contribution in [2.45, 2.75) is 52.6 Å². The van der Waals surface area contributed by atoms with Crippen LogP contribution >= 0.6 is 0 Å². The first-order valence-electron chi connectivity index (χ1n) is 14.8. The number of nitriles is 1. The molecule has 0 aliphatic carbocycles. The van der Waals surface area contributed by atoms with Crippen LogP contribution in [0.2, 0.25) is 0 Å². The fourth-order valence-corrected chi connectivity index (χ4v) is 5.84. The number of hydrogen-bond acceptors (Lipinski definition) is 15. The first-order chi connectivity index (χ1) is 22.9. The van der Waals surface area contributed by atoms with Crippen molar-refractivity contribution in [3.63, 3.8) is 0 Å². The molecule has 0 atom stereocenters. The van der Waals surface area contributed by atoms with Gasteiger partial charge in [-0.1, -0.05) is 32.9 Å². The molecule has 52 heavy (non-hydrogen) atoms. The van der Waals surface area contributed by atoms with Crippen LogP contribution in [0.25, 0.3) is 5.69 Å². The Morgan fingerprint density at radius 1 is 1.02 bits per heavy atom. The predicted molar refractivity (Wildman–Crippen MR) is 174 cm³/mol. The number of nitrogens with one attached hydrogen (secondary N) is 1. The molecule has 0 unspecified atom stereocenters. The van der Waals surface area contributed by atoms with Crippen molar-refractivity contribution >= 4 is 49.0 Å². The van der Waals surface area contributed by atoms with Gasteiger partial charge in [-0.05, 0) is 37.1 Å². The number of azo groups is 1. The number of methoxy groups -OCH3 is 1. The van der Waals surface area contributed by atoms with E-state index in [4.69, 9.17) is 4.74 Å². The van der Waals surface area contributed by atoms with Gasteiger partial charge in [-0.15, -0.1) is 10.2 Å². The molecule has 0 bridgehead atoms. The minimum absolute atomic E-state index is 0. The topological polar surface area (TPSA) is 255 Å². The Labute approximate surface area is 431 Å². The van der Waals surface area contributed by atoms with Crippen molar-refractivity contribution in [2.75, 3.05) is 41.9 Å². The molecule has 1 aromatic heterocycles. The van der Waals surface area contributed by atoms with E-state index in [1.165, 1.54) is 30.8 Å². The van der Waals surface area contributed by atoms with E-state index in [-0.39, 0.29) is 215 Å². The van der Waals surface area contributed by atoms with Crippen LogP contribution in [0.3, 0.4) is 0 Å². The van der Waals surface area contributed by atoms with E-state index in [9.17, 15) is 41.3 Å². The van der Waals surface area contributed by atoms with Gasteiger partial charge in [-0.3, -0.25) is 4.79 Å². The monoisotopic (exact) mass is 835 g/mol. The average Bonchev–Trinajstić information content (AvgIpc) is 3.37. The third kappa shape index (κ3) is 16.1. The molecule has 17 nitrogen and oxygen atoms in total. The second-order valence-corrected chi connectivity index (χ2v) is 14.9. The van der Waals surface area contributed by atoms with Crippen LogP contribution in [0.5, 0.6) is 5.75 Å². The number of carbonyl (C=O) groups excluding carboxylic acids is 1. The molecule has 0 spiro atoms. The number of hydrogen-bond donors (Lipinski definition) is 1. The van der Waals surface area contributed by atoms with Gasteiger partial charge in [-0.2, -0.15) is 10.4 Å². The van der Waals surface area contributed by atoms with Gasteiger partial charge in [0.15, 0.2) is 5.82 Å². The third-order valence-corrected chi connectivity index (χ3v) is 8.54. The molecule has 0 saturated heterocycles. The zero-order chi connectivity index (χ0) is 36.6. The van der Waals surface area contributed by atoms with Crippen molar-refractivity contribution in [2.24, 2.45) is 10.2 Å². The molecule has 2 aromatic carbocycles. The van der Waals surface area contributed by atoms with Gasteiger partial charge in [0.2, 0.25) is 5.91 Å². The van der Waals surface area contributed by atoms with E-state index >= 15 is 0 Å². The Morgan fingerprint density at radius 2 is 1.62 bits per heavy atom. The number of aromatic nitrogens is 2. The standard InChI is InChI=1S/C30H39N7O10S2.3K/c1-20(38)32-25-17-22(36(13-7-15-48(40,41)42)14-8-16-49(43,44)45)11-12-24(25)33-34-29-23(18-31)28(30(2,3)4)35-37(29)27-21(19-47-39)9-6-10-26(27)46-5;;;/h6,9-12,17,39H,7-8,13-16,19H2,1-5H3,(H,32,38)(H,40,41,42)(H,43,44,45);;;/q;3*+1/p-3. The van der Waals surface area contributed by atoms with Gasteiger partial charge in [0.1, 0.15) is 28.8 Å². The van der Waals surface area contributed by atoms with Gasteiger partial charge < -0.3 is 34.2 Å². The summed E-state index contributed by atoms with van der Waals surface area (Å²) < 4.78 is 74.0. The van der Waals surface area contributed by atoms with Crippen LogP contribution in [0, 0.1) is 11.3 Å². The van der Waals surface area contributed by atoms with Gasteiger partial charge in [0.25, 0.3) is 0 Å². The minimum Gasteiger partial charge on any atom is -0.748 e. The van der Waals surface area contributed by atoms with Crippen LogP contribution in [0.4, 0.5) is 22.9 Å². The summed E-state index contributed by atoms with van der Waals surface area (Å²) in [6, 6.07) is 11.6. The van der Waals surface area contributed by atoms with Gasteiger partial charge in [0.05, 0.1) is 45.3 Å². The molecule has 266 valence electrons. The molecule has 0 aliphatic heterocycles. The Hall–Kier alpha value is 0.459. The van der Waals surface area contributed by atoms with Crippen LogP contribution in [0.1, 0.15) is 57.4 Å². The largest absolute Gasteiger partial charge is 1.00 e. The maximum atomic E-state index is 12.2. The van der Waals surface area contributed by atoms with E-state index in [1.54, 1.807) is 29.2 Å². The van der Waals surface area contributed by atoms with Crippen molar-refractivity contribution in [1.82, 2.24) is 9.78 Å². The minimum atomic E-state index is -4.53. The number of nitrogens with zero attached hydrogens (tertiary/aromatic N) is 6. The van der Waals surface area contributed by atoms with Gasteiger partial charge in [0, 0.05) is 48.2 Å². The Bertz CT molecular complexity index is 1930. The van der Waals surface area contributed by atoms with Crippen LogP contribution in [0.15, 0.2) is 46.6 Å². The summed E-state index contributed by atoms with van der Waals surface area (Å²) in [5.74, 6) is -1.54. The third-order valence-electron chi connectivity index (χ3n) is 6.97. The van der Waals surface area contributed by atoms with Crippen LogP contribution < -0.4 is 174 Å². The van der Waals surface area contributed by atoms with Crippen molar-refractivity contribution in [3.05, 3.63) is 53.2 Å². The quantitative estimate of drug-likeness (QED) is 0.0464. The predicted octanol–water partition coefficient (Wildman–Crippen LogP) is -6.10. The summed E-state index contributed by atoms with van der Waals surface area (Å²) in [5, 5.41) is 37.5. The zero-order valence-corrected chi connectivity index (χ0v) is 41.5. The van der Waals surface area contributed by atoms with E-state index in [0.717, 1.165) is 0 Å². The van der Waals surface area contributed by atoms with E-state index in [1.807, 2.05) is 20.8 Å². The Kier molecular flexibility index (Phi) is 23.8. The summed E-state index contributed by atoms with van der Waals surface area (Å²) in [5.41, 5.74) is 1.15. The number of para-hydroxylation sites is 1. The zero-order valence-electron chi connectivity index (χ0n) is 30.5. The first-order valence-corrected chi connectivity index (χ1v) is 17.9. The molecule has 3 rings (SSSR count). The molecule has 0 radical (unpaired) electrons. The molecule has 0 saturated carbocycles. The number of rotatable bonds is 16. The number of ether oxygens (including phenoxy) is 1. The Morgan fingerprint density at radius 3 is 2.10 bits per heavy atom. The molecular weight excluding hydrogens is 800 g/mol. The molecule has 3 aromatic rings. The summed E-state index contributed by atoms with van der Waals surface area (Å²) in [7, 11) is -7.63. The fraction of sp³-hybridized carbons (Fsp3) is 0.433. The van der Waals surface area contributed by atoms with Crippen molar-refractivity contribution in [3.8, 4) is 17.5 Å². The summed E-state index contributed by atoms with van der Waals surface area (Å²) in [6.45, 7) is 6.47. The fourth-order valence-electron chi connectivity index (χ4n) is 4.87.